The Morgan fingerprint density at radius 3 is 3.00 bits per heavy atom. The Kier molecular flexibility index (Phi) is 3.63. The number of esters is 1. The number of carbonyl (C=O) groups is 2. The average molecular weight is 194 g/mol. The molecule has 2 atom stereocenters. The van der Waals surface area contributed by atoms with Crippen LogP contribution in [-0.4, -0.2) is 18.4 Å². The SMILES string of the molecule is C=CC(C(=O)OCC)C1C=CCC1=O. The number of hydrogen-bond acceptors (Lipinski definition) is 3. The largest absolute Gasteiger partial charge is 0.466 e. The summed E-state index contributed by atoms with van der Waals surface area (Å²) in [6.45, 7) is 5.62. The summed E-state index contributed by atoms with van der Waals surface area (Å²) in [7, 11) is 0. The second-order valence-corrected chi connectivity index (χ2v) is 3.14. The Hall–Kier alpha value is -1.38. The fourth-order valence-electron chi connectivity index (χ4n) is 1.52. The molecule has 0 saturated carbocycles. The molecule has 3 nitrogen and oxygen atoms in total. The number of ketones is 1. The summed E-state index contributed by atoms with van der Waals surface area (Å²) in [4.78, 5) is 22.8. The quantitative estimate of drug-likeness (QED) is 0.503. The summed E-state index contributed by atoms with van der Waals surface area (Å²) in [5.41, 5.74) is 0. The summed E-state index contributed by atoms with van der Waals surface area (Å²) in [5, 5.41) is 0. The highest BCUT2D eigenvalue weighted by Crippen LogP contribution is 2.24. The van der Waals surface area contributed by atoms with Gasteiger partial charge in [-0.15, -0.1) is 6.58 Å². The van der Waals surface area contributed by atoms with Crippen LogP contribution in [0.25, 0.3) is 0 Å². The Morgan fingerprint density at radius 2 is 2.57 bits per heavy atom. The molecule has 0 fully saturated rings. The molecule has 76 valence electrons. The molecule has 0 aromatic carbocycles. The predicted octanol–water partition coefficient (Wildman–Crippen LogP) is 1.50. The third-order valence-electron chi connectivity index (χ3n) is 2.23. The van der Waals surface area contributed by atoms with Crippen LogP contribution in [0.4, 0.5) is 0 Å². The molecule has 3 heteroatoms. The van der Waals surface area contributed by atoms with Gasteiger partial charge in [-0.1, -0.05) is 18.2 Å². The lowest BCUT2D eigenvalue weighted by molar-refractivity contribution is -0.149. The van der Waals surface area contributed by atoms with Gasteiger partial charge in [0.2, 0.25) is 0 Å². The van der Waals surface area contributed by atoms with Gasteiger partial charge in [0.25, 0.3) is 0 Å². The van der Waals surface area contributed by atoms with Crippen LogP contribution in [0.3, 0.4) is 0 Å². The van der Waals surface area contributed by atoms with Gasteiger partial charge < -0.3 is 4.74 Å². The van der Waals surface area contributed by atoms with Gasteiger partial charge in [-0.3, -0.25) is 9.59 Å². The standard InChI is InChI=1S/C11H14O3/c1-3-8(11(13)14-4-2)9-6-5-7-10(9)12/h3,5-6,8-9H,1,4,7H2,2H3. The van der Waals surface area contributed by atoms with Crippen LogP contribution in [0.2, 0.25) is 0 Å². The predicted molar refractivity (Wildman–Crippen MR) is 52.6 cm³/mol. The Bertz CT molecular complexity index is 278. The van der Waals surface area contributed by atoms with E-state index in [2.05, 4.69) is 6.58 Å². The van der Waals surface area contributed by atoms with Crippen LogP contribution in [0, 0.1) is 11.8 Å². The minimum Gasteiger partial charge on any atom is -0.466 e. The molecule has 0 spiro atoms. The second kappa shape index (κ2) is 4.74. The van der Waals surface area contributed by atoms with E-state index in [1.807, 2.05) is 0 Å². The van der Waals surface area contributed by atoms with Crippen LogP contribution < -0.4 is 0 Å². The summed E-state index contributed by atoms with van der Waals surface area (Å²) >= 11 is 0. The fraction of sp³-hybridized carbons (Fsp3) is 0.455. The van der Waals surface area contributed by atoms with Crippen molar-refractivity contribution in [1.29, 1.82) is 0 Å². The van der Waals surface area contributed by atoms with Gasteiger partial charge in [-0.05, 0) is 6.92 Å². The molecule has 0 radical (unpaired) electrons. The molecule has 0 aromatic heterocycles. The third kappa shape index (κ3) is 2.10. The van der Waals surface area contributed by atoms with Gasteiger partial charge in [-0.2, -0.15) is 0 Å². The lowest BCUT2D eigenvalue weighted by Gasteiger charge is -2.15. The maximum absolute atomic E-state index is 11.4. The zero-order chi connectivity index (χ0) is 10.6. The van der Waals surface area contributed by atoms with Crippen molar-refractivity contribution in [2.45, 2.75) is 13.3 Å². The molecule has 1 aliphatic rings. The smallest absolute Gasteiger partial charge is 0.313 e. The highest BCUT2D eigenvalue weighted by Gasteiger charge is 2.32. The monoisotopic (exact) mass is 194 g/mol. The maximum atomic E-state index is 11.4. The van der Waals surface area contributed by atoms with E-state index in [1.54, 1.807) is 19.1 Å². The first-order valence-electron chi connectivity index (χ1n) is 4.69. The van der Waals surface area contributed by atoms with E-state index in [0.717, 1.165) is 0 Å². The molecule has 0 saturated heterocycles. The lowest BCUT2D eigenvalue weighted by atomic mass is 9.91. The number of carbonyl (C=O) groups excluding carboxylic acids is 2. The van der Waals surface area contributed by atoms with Crippen molar-refractivity contribution in [3.05, 3.63) is 24.8 Å². The topological polar surface area (TPSA) is 43.4 Å². The summed E-state index contributed by atoms with van der Waals surface area (Å²) in [5.74, 6) is -1.21. The summed E-state index contributed by atoms with van der Waals surface area (Å²) < 4.78 is 4.86. The summed E-state index contributed by atoms with van der Waals surface area (Å²) in [6.07, 6.45) is 5.43. The molecule has 14 heavy (non-hydrogen) atoms. The minimum absolute atomic E-state index is 0.0583. The van der Waals surface area contributed by atoms with Crippen LogP contribution in [0.5, 0.6) is 0 Å². The first-order valence-corrected chi connectivity index (χ1v) is 4.69. The zero-order valence-corrected chi connectivity index (χ0v) is 8.23. The van der Waals surface area contributed by atoms with Crippen LogP contribution >= 0.6 is 0 Å². The minimum atomic E-state index is -0.527. The molecule has 0 N–H and O–H groups in total. The molecule has 1 rings (SSSR count). The summed E-state index contributed by atoms with van der Waals surface area (Å²) in [6, 6.07) is 0. The van der Waals surface area contributed by atoms with Crippen LogP contribution in [-0.2, 0) is 14.3 Å². The van der Waals surface area contributed by atoms with E-state index >= 15 is 0 Å². The van der Waals surface area contributed by atoms with Gasteiger partial charge in [0.1, 0.15) is 5.78 Å². The van der Waals surface area contributed by atoms with Gasteiger partial charge in [0.15, 0.2) is 0 Å². The first kappa shape index (κ1) is 10.7. The van der Waals surface area contributed by atoms with E-state index in [9.17, 15) is 9.59 Å². The Morgan fingerprint density at radius 1 is 1.86 bits per heavy atom. The molecular weight excluding hydrogens is 180 g/mol. The van der Waals surface area contributed by atoms with E-state index in [0.29, 0.717) is 13.0 Å². The first-order chi connectivity index (χ1) is 6.70. The van der Waals surface area contributed by atoms with Gasteiger partial charge in [0.05, 0.1) is 18.4 Å². The van der Waals surface area contributed by atoms with Crippen LogP contribution in [0.1, 0.15) is 13.3 Å². The highest BCUT2D eigenvalue weighted by atomic mass is 16.5. The molecule has 1 aliphatic carbocycles. The van der Waals surface area contributed by atoms with Crippen molar-refractivity contribution >= 4 is 11.8 Å². The van der Waals surface area contributed by atoms with E-state index in [4.69, 9.17) is 4.74 Å². The molecule has 0 heterocycles. The highest BCUT2D eigenvalue weighted by molar-refractivity contribution is 5.92. The van der Waals surface area contributed by atoms with E-state index < -0.39 is 5.92 Å². The number of ether oxygens (including phenoxy) is 1. The van der Waals surface area contributed by atoms with Crippen LogP contribution in [0.15, 0.2) is 24.8 Å². The number of allylic oxidation sites excluding steroid dienone is 2. The number of rotatable bonds is 4. The van der Waals surface area contributed by atoms with Crippen molar-refractivity contribution in [1.82, 2.24) is 0 Å². The Balaban J connectivity index is 2.70. The molecule has 0 bridgehead atoms. The third-order valence-corrected chi connectivity index (χ3v) is 2.23. The van der Waals surface area contributed by atoms with Gasteiger partial charge >= 0.3 is 5.97 Å². The maximum Gasteiger partial charge on any atom is 0.313 e. The Labute approximate surface area is 83.4 Å². The molecule has 0 aliphatic heterocycles. The average Bonchev–Trinajstić information content (AvgIpc) is 2.54. The van der Waals surface area contributed by atoms with Crippen molar-refractivity contribution in [2.75, 3.05) is 6.61 Å². The molecule has 2 unspecified atom stereocenters. The van der Waals surface area contributed by atoms with Crippen molar-refractivity contribution < 1.29 is 14.3 Å². The van der Waals surface area contributed by atoms with E-state index in [-0.39, 0.29) is 17.7 Å². The second-order valence-electron chi connectivity index (χ2n) is 3.14. The normalized spacial score (nSPS) is 22.1. The van der Waals surface area contributed by atoms with E-state index in [1.165, 1.54) is 6.08 Å². The molecule has 0 aromatic rings. The van der Waals surface area contributed by atoms with Crippen molar-refractivity contribution in [2.24, 2.45) is 11.8 Å². The van der Waals surface area contributed by atoms with Gasteiger partial charge in [-0.25, -0.2) is 0 Å². The molecule has 0 amide bonds. The van der Waals surface area contributed by atoms with Gasteiger partial charge in [0, 0.05) is 6.42 Å². The van der Waals surface area contributed by atoms with Crippen molar-refractivity contribution in [3.63, 3.8) is 0 Å². The molecular formula is C11H14O3. The number of hydrogen-bond donors (Lipinski definition) is 0. The fourth-order valence-corrected chi connectivity index (χ4v) is 1.52. The number of Topliss-reactive ketones (excluding diaryl/α,β-unsaturated/α-hetero) is 1. The van der Waals surface area contributed by atoms with Crippen molar-refractivity contribution in [3.8, 4) is 0 Å². The zero-order valence-electron chi connectivity index (χ0n) is 8.23. The lowest BCUT2D eigenvalue weighted by Crippen LogP contribution is -2.26.